The zero-order valence-electron chi connectivity index (χ0n) is 12.9. The molecule has 0 radical (unpaired) electrons. The van der Waals surface area contributed by atoms with Gasteiger partial charge < -0.3 is 15.0 Å². The van der Waals surface area contributed by atoms with Crippen LogP contribution < -0.4 is 10.2 Å². The summed E-state index contributed by atoms with van der Waals surface area (Å²) in [5, 5.41) is 6.67. The average molecular weight is 297 g/mol. The first-order valence-corrected chi connectivity index (χ1v) is 8.47. The molecule has 0 aromatic carbocycles. The van der Waals surface area contributed by atoms with Gasteiger partial charge >= 0.3 is 0 Å². The van der Waals surface area contributed by atoms with Crippen molar-refractivity contribution in [3.8, 4) is 0 Å². The van der Waals surface area contributed by atoms with Crippen LogP contribution in [0.2, 0.25) is 0 Å². The molecule has 1 aliphatic carbocycles. The van der Waals surface area contributed by atoms with E-state index in [9.17, 15) is 0 Å². The van der Waals surface area contributed by atoms with Gasteiger partial charge in [-0.2, -0.15) is 0 Å². The van der Waals surface area contributed by atoms with E-state index in [2.05, 4.69) is 29.6 Å². The molecule has 1 aliphatic rings. The molecule has 1 N–H and O–H groups in total. The molecule has 2 rings (SSSR count). The van der Waals surface area contributed by atoms with Gasteiger partial charge in [0, 0.05) is 38.7 Å². The summed E-state index contributed by atoms with van der Waals surface area (Å²) in [7, 11) is 3.93. The maximum absolute atomic E-state index is 5.03. The van der Waals surface area contributed by atoms with E-state index in [0.29, 0.717) is 6.04 Å². The lowest BCUT2D eigenvalue weighted by Gasteiger charge is -2.36. The van der Waals surface area contributed by atoms with Crippen LogP contribution in [0.1, 0.15) is 38.3 Å². The maximum atomic E-state index is 5.03. The van der Waals surface area contributed by atoms with Gasteiger partial charge in [0.15, 0.2) is 5.13 Å². The van der Waals surface area contributed by atoms with Crippen LogP contribution in [-0.4, -0.2) is 38.3 Å². The van der Waals surface area contributed by atoms with Crippen molar-refractivity contribution in [2.24, 2.45) is 5.92 Å². The monoisotopic (exact) mass is 297 g/mol. The second kappa shape index (κ2) is 7.96. The summed E-state index contributed by atoms with van der Waals surface area (Å²) in [4.78, 5) is 7.15. The van der Waals surface area contributed by atoms with Crippen LogP contribution in [-0.2, 0) is 11.3 Å². The Morgan fingerprint density at radius 1 is 1.45 bits per heavy atom. The molecular formula is C15H27N3OS. The van der Waals surface area contributed by atoms with Crippen LogP contribution in [0.25, 0.3) is 0 Å². The molecule has 1 aromatic rings. The van der Waals surface area contributed by atoms with Gasteiger partial charge in [0.1, 0.15) is 0 Å². The number of methoxy groups -OCH3 is 1. The number of nitrogens with zero attached hydrogens (tertiary/aromatic N) is 2. The zero-order valence-corrected chi connectivity index (χ0v) is 13.7. The second-order valence-electron chi connectivity index (χ2n) is 5.73. The Morgan fingerprint density at radius 2 is 2.25 bits per heavy atom. The molecule has 0 bridgehead atoms. The summed E-state index contributed by atoms with van der Waals surface area (Å²) in [5.74, 6) is 0.779. The predicted molar refractivity (Wildman–Crippen MR) is 85.5 cm³/mol. The van der Waals surface area contributed by atoms with E-state index < -0.39 is 0 Å². The van der Waals surface area contributed by atoms with Gasteiger partial charge in [-0.1, -0.05) is 19.8 Å². The van der Waals surface area contributed by atoms with Crippen LogP contribution >= 0.6 is 11.3 Å². The lowest BCUT2D eigenvalue weighted by Crippen LogP contribution is -2.39. The molecule has 1 saturated carbocycles. The van der Waals surface area contributed by atoms with Gasteiger partial charge in [-0.25, -0.2) is 4.98 Å². The SMILES string of the molecule is COCCNCc1csc(N(C)C2CCCCC2C)n1. The van der Waals surface area contributed by atoms with E-state index in [0.717, 1.165) is 36.4 Å². The van der Waals surface area contributed by atoms with Crippen molar-refractivity contribution in [2.45, 2.75) is 45.2 Å². The molecule has 1 aromatic heterocycles. The summed E-state index contributed by atoms with van der Waals surface area (Å²) in [6.07, 6.45) is 5.40. The predicted octanol–water partition coefficient (Wildman–Crippen LogP) is 2.89. The third-order valence-corrected chi connectivity index (χ3v) is 5.17. The molecule has 5 heteroatoms. The van der Waals surface area contributed by atoms with E-state index in [4.69, 9.17) is 9.72 Å². The van der Waals surface area contributed by atoms with Crippen LogP contribution in [0.5, 0.6) is 0 Å². The fourth-order valence-corrected chi connectivity index (χ4v) is 3.79. The Morgan fingerprint density at radius 3 is 3.00 bits per heavy atom. The quantitative estimate of drug-likeness (QED) is 0.785. The lowest BCUT2D eigenvalue weighted by molar-refractivity contribution is 0.199. The smallest absolute Gasteiger partial charge is 0.185 e. The topological polar surface area (TPSA) is 37.4 Å². The summed E-state index contributed by atoms with van der Waals surface area (Å²) >= 11 is 1.76. The molecule has 4 nitrogen and oxygen atoms in total. The Kier molecular flexibility index (Phi) is 6.26. The molecule has 0 spiro atoms. The highest BCUT2D eigenvalue weighted by Crippen LogP contribution is 2.31. The molecule has 0 saturated heterocycles. The Labute approximate surface area is 126 Å². The third-order valence-electron chi connectivity index (χ3n) is 4.19. The first-order chi connectivity index (χ1) is 9.72. The zero-order chi connectivity index (χ0) is 14.4. The molecule has 0 amide bonds. The molecule has 1 heterocycles. The summed E-state index contributed by atoms with van der Waals surface area (Å²) < 4.78 is 5.03. The van der Waals surface area contributed by atoms with Crippen molar-refractivity contribution < 1.29 is 4.74 Å². The normalized spacial score (nSPS) is 22.9. The number of anilines is 1. The minimum Gasteiger partial charge on any atom is -0.383 e. The fourth-order valence-electron chi connectivity index (χ4n) is 2.94. The third kappa shape index (κ3) is 4.17. The highest BCUT2D eigenvalue weighted by molar-refractivity contribution is 7.13. The van der Waals surface area contributed by atoms with Crippen molar-refractivity contribution in [3.05, 3.63) is 11.1 Å². The number of hydrogen-bond donors (Lipinski definition) is 1. The van der Waals surface area contributed by atoms with Gasteiger partial charge in [0.05, 0.1) is 12.3 Å². The number of aromatic nitrogens is 1. The van der Waals surface area contributed by atoms with E-state index in [-0.39, 0.29) is 0 Å². The average Bonchev–Trinajstić information content (AvgIpc) is 2.92. The molecule has 114 valence electrons. The number of rotatable bonds is 7. The number of nitrogens with one attached hydrogen (secondary N) is 1. The lowest BCUT2D eigenvalue weighted by atomic mass is 9.85. The highest BCUT2D eigenvalue weighted by atomic mass is 32.1. The summed E-state index contributed by atoms with van der Waals surface area (Å²) in [6.45, 7) is 4.82. The standard InChI is InChI=1S/C15H27N3OS/c1-12-6-4-5-7-14(12)18(2)15-17-13(11-20-15)10-16-8-9-19-3/h11-12,14,16H,4-10H2,1-3H3. The summed E-state index contributed by atoms with van der Waals surface area (Å²) in [6, 6.07) is 0.657. The minimum atomic E-state index is 0.657. The van der Waals surface area contributed by atoms with Crippen molar-refractivity contribution in [1.29, 1.82) is 0 Å². The van der Waals surface area contributed by atoms with Crippen LogP contribution in [0.4, 0.5) is 5.13 Å². The van der Waals surface area contributed by atoms with Gasteiger partial charge in [0.25, 0.3) is 0 Å². The number of thiazole rings is 1. The molecular weight excluding hydrogens is 270 g/mol. The van der Waals surface area contributed by atoms with Crippen molar-refractivity contribution in [3.63, 3.8) is 0 Å². The molecule has 2 atom stereocenters. The first kappa shape index (κ1) is 15.7. The summed E-state index contributed by atoms with van der Waals surface area (Å²) in [5.41, 5.74) is 1.14. The van der Waals surface area contributed by atoms with Gasteiger partial charge in [0.2, 0.25) is 0 Å². The van der Waals surface area contributed by atoms with Crippen LogP contribution in [0.3, 0.4) is 0 Å². The van der Waals surface area contributed by atoms with E-state index in [1.165, 1.54) is 25.7 Å². The Hall–Kier alpha value is -0.650. The van der Waals surface area contributed by atoms with Gasteiger partial charge in [-0.05, 0) is 18.8 Å². The minimum absolute atomic E-state index is 0.657. The van der Waals surface area contributed by atoms with Gasteiger partial charge in [-0.15, -0.1) is 11.3 Å². The second-order valence-corrected chi connectivity index (χ2v) is 6.57. The van der Waals surface area contributed by atoms with Crippen molar-refractivity contribution >= 4 is 16.5 Å². The molecule has 0 aliphatic heterocycles. The van der Waals surface area contributed by atoms with Crippen LogP contribution in [0.15, 0.2) is 5.38 Å². The van der Waals surface area contributed by atoms with E-state index in [1.807, 2.05) is 0 Å². The Balaban J connectivity index is 1.87. The fraction of sp³-hybridized carbons (Fsp3) is 0.800. The maximum Gasteiger partial charge on any atom is 0.185 e. The van der Waals surface area contributed by atoms with E-state index >= 15 is 0 Å². The first-order valence-electron chi connectivity index (χ1n) is 7.59. The largest absolute Gasteiger partial charge is 0.383 e. The van der Waals surface area contributed by atoms with Crippen LogP contribution in [0, 0.1) is 5.92 Å². The van der Waals surface area contributed by atoms with E-state index in [1.54, 1.807) is 18.4 Å². The molecule has 20 heavy (non-hydrogen) atoms. The van der Waals surface area contributed by atoms with Crippen molar-refractivity contribution in [1.82, 2.24) is 10.3 Å². The molecule has 1 fully saturated rings. The number of hydrogen-bond acceptors (Lipinski definition) is 5. The highest BCUT2D eigenvalue weighted by Gasteiger charge is 2.26. The number of ether oxygens (including phenoxy) is 1. The Bertz CT molecular complexity index is 396. The van der Waals surface area contributed by atoms with Crippen molar-refractivity contribution in [2.75, 3.05) is 32.2 Å². The molecule has 2 unspecified atom stereocenters. The van der Waals surface area contributed by atoms with Gasteiger partial charge in [-0.3, -0.25) is 0 Å².